The Morgan fingerprint density at radius 3 is 1.66 bits per heavy atom. The summed E-state index contributed by atoms with van der Waals surface area (Å²) in [6.45, 7) is 0. The van der Waals surface area contributed by atoms with E-state index >= 15 is 0 Å². The van der Waals surface area contributed by atoms with E-state index in [1.807, 2.05) is 30.3 Å². The quantitative estimate of drug-likeness (QED) is 0.150. The molecular formula is C57H36N4O. The van der Waals surface area contributed by atoms with Crippen LogP contribution in [0.4, 0.5) is 17.1 Å². The smallest absolute Gasteiger partial charge is 0.164 e. The highest BCUT2D eigenvalue weighted by Crippen LogP contribution is 2.45. The van der Waals surface area contributed by atoms with Gasteiger partial charge in [-0.1, -0.05) is 176 Å². The van der Waals surface area contributed by atoms with Gasteiger partial charge in [-0.15, -0.1) is 0 Å². The summed E-state index contributed by atoms with van der Waals surface area (Å²) in [7, 11) is 0. The van der Waals surface area contributed by atoms with Gasteiger partial charge in [-0.05, 0) is 79.8 Å². The zero-order valence-corrected chi connectivity index (χ0v) is 33.5. The van der Waals surface area contributed by atoms with Crippen molar-refractivity contribution in [1.82, 2.24) is 15.0 Å². The third-order valence-electron chi connectivity index (χ3n) is 11.9. The molecule has 0 amide bonds. The Labute approximate surface area is 357 Å². The molecule has 0 atom stereocenters. The molecule has 0 aliphatic heterocycles. The lowest BCUT2D eigenvalue weighted by Crippen LogP contribution is -2.10. The van der Waals surface area contributed by atoms with E-state index in [1.54, 1.807) is 0 Å². The second-order valence-corrected chi connectivity index (χ2v) is 15.6. The molecule has 5 heteroatoms. The molecule has 0 unspecified atom stereocenters. The van der Waals surface area contributed by atoms with Crippen molar-refractivity contribution in [2.75, 3.05) is 4.90 Å². The fourth-order valence-electron chi connectivity index (χ4n) is 8.92. The topological polar surface area (TPSA) is 55.1 Å². The van der Waals surface area contributed by atoms with Gasteiger partial charge in [-0.25, -0.2) is 15.0 Å². The summed E-state index contributed by atoms with van der Waals surface area (Å²) in [5.74, 6) is 1.76. The molecular weight excluding hydrogens is 757 g/mol. The van der Waals surface area contributed by atoms with E-state index in [-0.39, 0.29) is 0 Å². The van der Waals surface area contributed by atoms with Crippen molar-refractivity contribution >= 4 is 71.3 Å². The van der Waals surface area contributed by atoms with Crippen LogP contribution in [0.15, 0.2) is 223 Å². The van der Waals surface area contributed by atoms with E-state index in [0.717, 1.165) is 77.4 Å². The second-order valence-electron chi connectivity index (χ2n) is 15.6. The maximum absolute atomic E-state index is 6.76. The van der Waals surface area contributed by atoms with Gasteiger partial charge in [0.25, 0.3) is 0 Å². The highest BCUT2D eigenvalue weighted by molar-refractivity contribution is 6.14. The van der Waals surface area contributed by atoms with Crippen LogP contribution in [-0.4, -0.2) is 15.0 Å². The number of rotatable bonds is 7. The van der Waals surface area contributed by atoms with Crippen molar-refractivity contribution in [3.05, 3.63) is 218 Å². The molecule has 0 N–H and O–H groups in total. The standard InChI is InChI=1S/C57H36N4O/c1-3-14-37(15-4-1)38-28-30-43(31-29-38)61(44-32-33-48-42(34-44)27-26-40-17-8-9-21-46(40)48)45-35-51(54-50-23-11-12-25-52(50)62-53(54)36-45)57-59-55(41-18-5-2-6-19-41)58-56(60-57)49-24-13-20-39-16-7-10-22-47(39)49/h1-36H. The van der Waals surface area contributed by atoms with Gasteiger partial charge < -0.3 is 9.32 Å². The van der Waals surface area contributed by atoms with E-state index in [0.29, 0.717) is 17.5 Å². The molecule has 0 fully saturated rings. The molecule has 12 aromatic rings. The molecule has 0 radical (unpaired) electrons. The van der Waals surface area contributed by atoms with E-state index in [1.165, 1.54) is 21.7 Å². The van der Waals surface area contributed by atoms with Gasteiger partial charge in [-0.3, -0.25) is 0 Å². The molecule has 0 aliphatic rings. The lowest BCUT2D eigenvalue weighted by molar-refractivity contribution is 0.669. The van der Waals surface area contributed by atoms with E-state index in [2.05, 4.69) is 193 Å². The van der Waals surface area contributed by atoms with Crippen molar-refractivity contribution in [1.29, 1.82) is 0 Å². The van der Waals surface area contributed by atoms with Crippen molar-refractivity contribution < 1.29 is 4.42 Å². The van der Waals surface area contributed by atoms with Crippen molar-refractivity contribution in [2.45, 2.75) is 0 Å². The largest absolute Gasteiger partial charge is 0.456 e. The predicted molar refractivity (Wildman–Crippen MR) is 256 cm³/mol. The number of hydrogen-bond acceptors (Lipinski definition) is 5. The van der Waals surface area contributed by atoms with Crippen LogP contribution in [0, 0.1) is 0 Å². The number of benzene rings is 10. The first kappa shape index (κ1) is 35.5. The number of fused-ring (bicyclic) bond motifs is 7. The molecule has 62 heavy (non-hydrogen) atoms. The molecule has 10 aromatic carbocycles. The van der Waals surface area contributed by atoms with Gasteiger partial charge in [0.1, 0.15) is 11.2 Å². The fourth-order valence-corrected chi connectivity index (χ4v) is 8.92. The van der Waals surface area contributed by atoms with Gasteiger partial charge in [0.05, 0.1) is 5.69 Å². The minimum absolute atomic E-state index is 0.560. The fraction of sp³-hybridized carbons (Fsp3) is 0. The van der Waals surface area contributed by atoms with Crippen molar-refractivity contribution in [3.63, 3.8) is 0 Å². The Morgan fingerprint density at radius 1 is 0.306 bits per heavy atom. The first-order valence-electron chi connectivity index (χ1n) is 20.8. The molecule has 0 bridgehead atoms. The average Bonchev–Trinajstić information content (AvgIpc) is 3.73. The second kappa shape index (κ2) is 14.7. The molecule has 12 rings (SSSR count). The van der Waals surface area contributed by atoms with Crippen LogP contribution in [0.25, 0.3) is 99.5 Å². The number of anilines is 3. The van der Waals surface area contributed by atoms with Crippen LogP contribution >= 0.6 is 0 Å². The Morgan fingerprint density at radius 2 is 0.871 bits per heavy atom. The summed E-state index contributed by atoms with van der Waals surface area (Å²) in [5.41, 5.74) is 9.47. The number of furan rings is 1. The lowest BCUT2D eigenvalue weighted by Gasteiger charge is -2.27. The minimum Gasteiger partial charge on any atom is -0.456 e. The Balaban J connectivity index is 1.12. The number of aromatic nitrogens is 3. The van der Waals surface area contributed by atoms with Gasteiger partial charge in [0.15, 0.2) is 17.5 Å². The lowest BCUT2D eigenvalue weighted by atomic mass is 10.00. The zero-order chi connectivity index (χ0) is 41.0. The monoisotopic (exact) mass is 792 g/mol. The predicted octanol–water partition coefficient (Wildman–Crippen LogP) is 15.4. The van der Waals surface area contributed by atoms with Crippen LogP contribution < -0.4 is 4.90 Å². The molecule has 2 aromatic heterocycles. The summed E-state index contributed by atoms with van der Waals surface area (Å²) in [6, 6.07) is 76.4. The van der Waals surface area contributed by atoms with Crippen LogP contribution in [0.3, 0.4) is 0 Å². The van der Waals surface area contributed by atoms with E-state index in [4.69, 9.17) is 19.4 Å². The Bertz CT molecular complexity index is 3630. The third-order valence-corrected chi connectivity index (χ3v) is 11.9. The third kappa shape index (κ3) is 6.14. The molecule has 0 saturated carbocycles. The normalized spacial score (nSPS) is 11.5. The maximum Gasteiger partial charge on any atom is 0.164 e. The zero-order valence-electron chi connectivity index (χ0n) is 33.5. The van der Waals surface area contributed by atoms with Crippen LogP contribution in [-0.2, 0) is 0 Å². The molecule has 5 nitrogen and oxygen atoms in total. The van der Waals surface area contributed by atoms with Gasteiger partial charge in [-0.2, -0.15) is 0 Å². The number of hydrogen-bond donors (Lipinski definition) is 0. The minimum atomic E-state index is 0.560. The summed E-state index contributed by atoms with van der Waals surface area (Å²) >= 11 is 0. The van der Waals surface area contributed by atoms with Gasteiger partial charge in [0, 0.05) is 44.9 Å². The highest BCUT2D eigenvalue weighted by atomic mass is 16.3. The van der Waals surface area contributed by atoms with Crippen LogP contribution in [0.2, 0.25) is 0 Å². The van der Waals surface area contributed by atoms with Gasteiger partial charge in [0.2, 0.25) is 0 Å². The molecule has 0 spiro atoms. The van der Waals surface area contributed by atoms with Crippen LogP contribution in [0.1, 0.15) is 0 Å². The first-order valence-corrected chi connectivity index (χ1v) is 20.8. The highest BCUT2D eigenvalue weighted by Gasteiger charge is 2.23. The number of nitrogens with zero attached hydrogens (tertiary/aromatic N) is 4. The van der Waals surface area contributed by atoms with Crippen molar-refractivity contribution in [2.24, 2.45) is 0 Å². The Kier molecular flexibility index (Phi) is 8.42. The average molecular weight is 793 g/mol. The summed E-state index contributed by atoms with van der Waals surface area (Å²) in [6.07, 6.45) is 0. The Hall–Kier alpha value is -8.41. The van der Waals surface area contributed by atoms with E-state index < -0.39 is 0 Å². The molecule has 290 valence electrons. The molecule has 0 saturated heterocycles. The SMILES string of the molecule is c1ccc(-c2ccc(N(c3ccc4c(ccc5ccccc54)c3)c3cc(-c4nc(-c5ccccc5)nc(-c5cccc6ccccc56)n4)c4c(c3)oc3ccccc34)cc2)cc1. The summed E-state index contributed by atoms with van der Waals surface area (Å²) < 4.78 is 6.76. The van der Waals surface area contributed by atoms with E-state index in [9.17, 15) is 0 Å². The van der Waals surface area contributed by atoms with Crippen molar-refractivity contribution in [3.8, 4) is 45.3 Å². The number of para-hydroxylation sites is 1. The molecule has 0 aliphatic carbocycles. The van der Waals surface area contributed by atoms with Gasteiger partial charge >= 0.3 is 0 Å². The molecule has 2 heterocycles. The summed E-state index contributed by atoms with van der Waals surface area (Å²) in [4.78, 5) is 18.1. The summed E-state index contributed by atoms with van der Waals surface area (Å²) in [5, 5.41) is 8.95. The first-order chi connectivity index (χ1) is 30.7. The van der Waals surface area contributed by atoms with Crippen LogP contribution in [0.5, 0.6) is 0 Å². The maximum atomic E-state index is 6.76.